The van der Waals surface area contributed by atoms with Gasteiger partial charge in [-0.1, -0.05) is 6.92 Å². The lowest BCUT2D eigenvalue weighted by molar-refractivity contribution is 0.812. The van der Waals surface area contributed by atoms with Gasteiger partial charge in [-0.3, -0.25) is 9.89 Å². The van der Waals surface area contributed by atoms with Gasteiger partial charge in [0.15, 0.2) is 0 Å². The SMILES string of the molecule is CCc1[nH]n(-c2nccs2)c(=O)c1Br. The van der Waals surface area contributed by atoms with E-state index >= 15 is 0 Å². The van der Waals surface area contributed by atoms with E-state index in [1.165, 1.54) is 16.0 Å². The first-order valence-electron chi connectivity index (χ1n) is 4.13. The number of nitrogens with one attached hydrogen (secondary N) is 1. The van der Waals surface area contributed by atoms with Gasteiger partial charge >= 0.3 is 0 Å². The van der Waals surface area contributed by atoms with Gasteiger partial charge in [0.2, 0.25) is 5.13 Å². The van der Waals surface area contributed by atoms with Crippen molar-refractivity contribution in [3.8, 4) is 5.13 Å². The van der Waals surface area contributed by atoms with Gasteiger partial charge in [-0.2, -0.15) is 4.68 Å². The van der Waals surface area contributed by atoms with Crippen LogP contribution in [0.1, 0.15) is 12.6 Å². The summed E-state index contributed by atoms with van der Waals surface area (Å²) in [6, 6.07) is 0. The van der Waals surface area contributed by atoms with Gasteiger partial charge in [0.25, 0.3) is 5.56 Å². The molecule has 0 bridgehead atoms. The number of hydrogen-bond donors (Lipinski definition) is 1. The standard InChI is InChI=1S/C8H8BrN3OS/c1-2-5-6(9)7(13)12(11-5)8-10-3-4-14-8/h3-4,11H,2H2,1H3. The molecule has 0 radical (unpaired) electrons. The normalized spacial score (nSPS) is 10.7. The summed E-state index contributed by atoms with van der Waals surface area (Å²) in [6.07, 6.45) is 2.46. The summed E-state index contributed by atoms with van der Waals surface area (Å²) in [6.45, 7) is 1.99. The number of halogens is 1. The number of H-pyrrole nitrogens is 1. The first-order valence-corrected chi connectivity index (χ1v) is 5.80. The van der Waals surface area contributed by atoms with Crippen LogP contribution in [0.25, 0.3) is 5.13 Å². The van der Waals surface area contributed by atoms with E-state index in [-0.39, 0.29) is 5.56 Å². The maximum atomic E-state index is 11.7. The van der Waals surface area contributed by atoms with Crippen LogP contribution in [0.3, 0.4) is 0 Å². The van der Waals surface area contributed by atoms with Crippen molar-refractivity contribution in [2.45, 2.75) is 13.3 Å². The molecule has 0 atom stereocenters. The molecular formula is C8H8BrN3OS. The summed E-state index contributed by atoms with van der Waals surface area (Å²) in [7, 11) is 0. The quantitative estimate of drug-likeness (QED) is 0.910. The molecule has 6 heteroatoms. The van der Waals surface area contributed by atoms with Crippen LogP contribution in [0.4, 0.5) is 0 Å². The monoisotopic (exact) mass is 273 g/mol. The molecule has 0 amide bonds. The number of rotatable bonds is 2. The number of thiazole rings is 1. The lowest BCUT2D eigenvalue weighted by Crippen LogP contribution is -2.14. The van der Waals surface area contributed by atoms with E-state index in [1.54, 1.807) is 6.20 Å². The molecule has 0 aliphatic heterocycles. The molecule has 0 spiro atoms. The molecule has 1 N–H and O–H groups in total. The van der Waals surface area contributed by atoms with Crippen LogP contribution in [0.15, 0.2) is 20.8 Å². The average molecular weight is 274 g/mol. The second kappa shape index (κ2) is 3.70. The van der Waals surface area contributed by atoms with Crippen molar-refractivity contribution >= 4 is 27.3 Å². The van der Waals surface area contributed by atoms with Gasteiger partial charge in [0.1, 0.15) is 4.47 Å². The number of aromatic amines is 1. The minimum Gasteiger partial charge on any atom is -0.292 e. The van der Waals surface area contributed by atoms with Gasteiger partial charge in [-0.05, 0) is 22.4 Å². The second-order valence-corrected chi connectivity index (χ2v) is 4.38. The Hall–Kier alpha value is -0.880. The zero-order chi connectivity index (χ0) is 10.1. The number of aromatic nitrogens is 3. The molecule has 2 heterocycles. The highest BCUT2D eigenvalue weighted by Crippen LogP contribution is 2.14. The lowest BCUT2D eigenvalue weighted by Gasteiger charge is -1.93. The molecule has 0 aliphatic carbocycles. The minimum absolute atomic E-state index is 0.0863. The summed E-state index contributed by atoms with van der Waals surface area (Å²) in [5.74, 6) is 0. The third-order valence-corrected chi connectivity index (χ3v) is 3.44. The predicted molar refractivity (Wildman–Crippen MR) is 59.1 cm³/mol. The molecule has 74 valence electrons. The summed E-state index contributed by atoms with van der Waals surface area (Å²) in [5.41, 5.74) is 0.807. The van der Waals surface area contributed by atoms with E-state index in [9.17, 15) is 4.79 Å². The fourth-order valence-electron chi connectivity index (χ4n) is 1.16. The molecule has 0 aromatic carbocycles. The molecular weight excluding hydrogens is 266 g/mol. The average Bonchev–Trinajstić information content (AvgIpc) is 2.78. The van der Waals surface area contributed by atoms with Crippen LogP contribution in [-0.2, 0) is 6.42 Å². The highest BCUT2D eigenvalue weighted by Gasteiger charge is 2.12. The fraction of sp³-hybridized carbons (Fsp3) is 0.250. The molecule has 0 fully saturated rings. The molecule has 0 unspecified atom stereocenters. The Labute approximate surface area is 92.7 Å². The Morgan fingerprint density at radius 2 is 2.50 bits per heavy atom. The number of nitrogens with zero attached hydrogens (tertiary/aromatic N) is 2. The maximum Gasteiger partial charge on any atom is 0.287 e. The molecule has 14 heavy (non-hydrogen) atoms. The van der Waals surface area contributed by atoms with Crippen molar-refractivity contribution in [3.05, 3.63) is 32.1 Å². The topological polar surface area (TPSA) is 50.7 Å². The van der Waals surface area contributed by atoms with Crippen molar-refractivity contribution in [3.63, 3.8) is 0 Å². The van der Waals surface area contributed by atoms with Crippen LogP contribution < -0.4 is 5.56 Å². The summed E-state index contributed by atoms with van der Waals surface area (Å²) >= 11 is 4.68. The predicted octanol–water partition coefficient (Wildman–Crippen LogP) is 1.95. The van der Waals surface area contributed by atoms with Crippen molar-refractivity contribution < 1.29 is 0 Å². The van der Waals surface area contributed by atoms with Gasteiger partial charge < -0.3 is 0 Å². The zero-order valence-corrected chi connectivity index (χ0v) is 9.85. The molecule has 2 rings (SSSR count). The molecule has 2 aromatic heterocycles. The van der Waals surface area contributed by atoms with E-state index in [0.29, 0.717) is 9.60 Å². The van der Waals surface area contributed by atoms with Gasteiger partial charge in [-0.15, -0.1) is 11.3 Å². The van der Waals surface area contributed by atoms with Crippen LogP contribution in [0, 0.1) is 0 Å². The third-order valence-electron chi connectivity index (χ3n) is 1.87. The number of hydrogen-bond acceptors (Lipinski definition) is 3. The van der Waals surface area contributed by atoms with Gasteiger partial charge in [0, 0.05) is 11.6 Å². The molecule has 0 saturated heterocycles. The maximum absolute atomic E-state index is 11.7. The Kier molecular flexibility index (Phi) is 2.56. The van der Waals surface area contributed by atoms with Crippen LogP contribution in [0.2, 0.25) is 0 Å². The highest BCUT2D eigenvalue weighted by atomic mass is 79.9. The van der Waals surface area contributed by atoms with Crippen molar-refractivity contribution in [1.29, 1.82) is 0 Å². The second-order valence-electron chi connectivity index (χ2n) is 2.71. The number of aryl methyl sites for hydroxylation is 1. The summed E-state index contributed by atoms with van der Waals surface area (Å²) in [4.78, 5) is 15.8. The fourth-order valence-corrected chi connectivity index (χ4v) is 2.30. The van der Waals surface area contributed by atoms with E-state index in [2.05, 4.69) is 26.0 Å². The first-order chi connectivity index (χ1) is 6.74. The smallest absolute Gasteiger partial charge is 0.287 e. The van der Waals surface area contributed by atoms with Crippen molar-refractivity contribution in [1.82, 2.24) is 14.8 Å². The lowest BCUT2D eigenvalue weighted by atomic mass is 10.3. The van der Waals surface area contributed by atoms with Gasteiger partial charge in [0.05, 0.1) is 5.69 Å². The van der Waals surface area contributed by atoms with Gasteiger partial charge in [-0.25, -0.2) is 4.98 Å². The molecule has 2 aromatic rings. The molecule has 0 saturated carbocycles. The van der Waals surface area contributed by atoms with Crippen LogP contribution >= 0.6 is 27.3 Å². The van der Waals surface area contributed by atoms with Crippen LogP contribution in [-0.4, -0.2) is 14.8 Å². The first kappa shape index (κ1) is 9.67. The Morgan fingerprint density at radius 3 is 3.00 bits per heavy atom. The largest absolute Gasteiger partial charge is 0.292 e. The van der Waals surface area contributed by atoms with Crippen LogP contribution in [0.5, 0.6) is 0 Å². The minimum atomic E-state index is -0.0863. The molecule has 0 aliphatic rings. The van der Waals surface area contributed by atoms with E-state index in [1.807, 2.05) is 12.3 Å². The molecule has 4 nitrogen and oxygen atoms in total. The van der Waals surface area contributed by atoms with Crippen molar-refractivity contribution in [2.24, 2.45) is 0 Å². The summed E-state index contributed by atoms with van der Waals surface area (Å²) in [5, 5.41) is 5.50. The Bertz CT molecular complexity index is 485. The Morgan fingerprint density at radius 1 is 1.71 bits per heavy atom. The van der Waals surface area contributed by atoms with E-state index < -0.39 is 0 Å². The zero-order valence-electron chi connectivity index (χ0n) is 7.45. The van der Waals surface area contributed by atoms with E-state index in [4.69, 9.17) is 0 Å². The summed E-state index contributed by atoms with van der Waals surface area (Å²) < 4.78 is 2.04. The highest BCUT2D eigenvalue weighted by molar-refractivity contribution is 9.10. The van der Waals surface area contributed by atoms with E-state index in [0.717, 1.165) is 12.1 Å². The van der Waals surface area contributed by atoms with Crippen molar-refractivity contribution in [2.75, 3.05) is 0 Å². The Balaban J connectivity index is 2.61. The third kappa shape index (κ3) is 1.44.